The molecule has 0 aromatic rings. The van der Waals surface area contributed by atoms with Crippen LogP contribution in [0.15, 0.2) is 0 Å². The van der Waals surface area contributed by atoms with E-state index in [1.807, 2.05) is 6.92 Å². The van der Waals surface area contributed by atoms with Gasteiger partial charge in [-0.2, -0.15) is 0 Å². The molecular formula is C7H14O3. The molecule has 3 nitrogen and oxygen atoms in total. The molecule has 1 aliphatic carbocycles. The normalized spacial score (nSPS) is 48.0. The summed E-state index contributed by atoms with van der Waals surface area (Å²) in [6.07, 6.45) is -0.643. The topological polar surface area (TPSA) is 60.7 Å². The van der Waals surface area contributed by atoms with Crippen LogP contribution in [0.4, 0.5) is 0 Å². The molecular weight excluding hydrogens is 132 g/mol. The zero-order valence-corrected chi connectivity index (χ0v) is 6.07. The third-order valence-corrected chi connectivity index (χ3v) is 2.32. The molecule has 0 bridgehead atoms. The molecule has 0 saturated heterocycles. The zero-order chi connectivity index (χ0) is 7.72. The van der Waals surface area contributed by atoms with E-state index in [0.29, 0.717) is 0 Å². The van der Waals surface area contributed by atoms with Crippen LogP contribution in [-0.4, -0.2) is 34.1 Å². The maximum atomic E-state index is 9.22. The average Bonchev–Trinajstić information content (AvgIpc) is 2.17. The molecule has 0 aromatic carbocycles. The van der Waals surface area contributed by atoms with E-state index in [-0.39, 0.29) is 18.4 Å². The van der Waals surface area contributed by atoms with Crippen molar-refractivity contribution in [2.75, 3.05) is 6.61 Å². The summed E-state index contributed by atoms with van der Waals surface area (Å²) in [7, 11) is 0. The van der Waals surface area contributed by atoms with Crippen LogP contribution in [0.3, 0.4) is 0 Å². The van der Waals surface area contributed by atoms with Crippen LogP contribution < -0.4 is 0 Å². The van der Waals surface area contributed by atoms with E-state index in [4.69, 9.17) is 5.11 Å². The minimum Gasteiger partial charge on any atom is -0.396 e. The van der Waals surface area contributed by atoms with Crippen LogP contribution in [0.5, 0.6) is 0 Å². The Morgan fingerprint density at radius 1 is 1.30 bits per heavy atom. The Labute approximate surface area is 60.3 Å². The second kappa shape index (κ2) is 2.86. The van der Waals surface area contributed by atoms with Crippen molar-refractivity contribution in [3.63, 3.8) is 0 Å². The predicted molar refractivity (Wildman–Crippen MR) is 36.4 cm³/mol. The van der Waals surface area contributed by atoms with Gasteiger partial charge in [-0.25, -0.2) is 0 Å². The van der Waals surface area contributed by atoms with Gasteiger partial charge in [0, 0.05) is 12.5 Å². The van der Waals surface area contributed by atoms with Crippen LogP contribution in [0.25, 0.3) is 0 Å². The molecule has 0 radical (unpaired) electrons. The van der Waals surface area contributed by atoms with Crippen LogP contribution in [0, 0.1) is 11.8 Å². The number of aliphatic hydroxyl groups is 3. The summed E-state index contributed by atoms with van der Waals surface area (Å²) in [6.45, 7) is 1.85. The lowest BCUT2D eigenvalue weighted by Gasteiger charge is -2.13. The Morgan fingerprint density at radius 3 is 2.10 bits per heavy atom. The molecule has 0 heterocycles. The number of rotatable bonds is 1. The van der Waals surface area contributed by atoms with Crippen LogP contribution >= 0.6 is 0 Å². The van der Waals surface area contributed by atoms with Gasteiger partial charge in [-0.15, -0.1) is 0 Å². The molecule has 1 aliphatic rings. The van der Waals surface area contributed by atoms with Gasteiger partial charge in [0.2, 0.25) is 0 Å². The standard InChI is InChI=1S/C7H14O3/c1-4-2-5(3-8)7(10)6(4)9/h4-10H,2-3H2,1H3/t4-,5-,6+,7-/m0/s1. The molecule has 0 aromatic heterocycles. The Kier molecular flexibility index (Phi) is 2.28. The van der Waals surface area contributed by atoms with E-state index in [2.05, 4.69) is 0 Å². The van der Waals surface area contributed by atoms with Crippen molar-refractivity contribution in [3.05, 3.63) is 0 Å². The zero-order valence-electron chi connectivity index (χ0n) is 6.07. The summed E-state index contributed by atoms with van der Waals surface area (Å²) < 4.78 is 0. The highest BCUT2D eigenvalue weighted by molar-refractivity contribution is 4.88. The summed E-state index contributed by atoms with van der Waals surface area (Å²) in [5.41, 5.74) is 0. The fraction of sp³-hybridized carbons (Fsp3) is 1.00. The van der Waals surface area contributed by atoms with E-state index >= 15 is 0 Å². The first-order chi connectivity index (χ1) is 4.66. The maximum absolute atomic E-state index is 9.22. The molecule has 1 fully saturated rings. The van der Waals surface area contributed by atoms with Gasteiger partial charge in [0.15, 0.2) is 0 Å². The highest BCUT2D eigenvalue weighted by Crippen LogP contribution is 2.30. The van der Waals surface area contributed by atoms with Gasteiger partial charge in [-0.1, -0.05) is 6.92 Å². The quantitative estimate of drug-likeness (QED) is 0.461. The summed E-state index contributed by atoms with van der Waals surface area (Å²) in [5.74, 6) is -0.00264. The van der Waals surface area contributed by atoms with Gasteiger partial charge < -0.3 is 15.3 Å². The number of hydrogen-bond acceptors (Lipinski definition) is 3. The smallest absolute Gasteiger partial charge is 0.0851 e. The summed E-state index contributed by atoms with van der Waals surface area (Å²) in [6, 6.07) is 0. The summed E-state index contributed by atoms with van der Waals surface area (Å²) in [5, 5.41) is 27.1. The van der Waals surface area contributed by atoms with Gasteiger partial charge in [0.1, 0.15) is 0 Å². The third-order valence-electron chi connectivity index (χ3n) is 2.32. The van der Waals surface area contributed by atoms with Crippen LogP contribution in [-0.2, 0) is 0 Å². The van der Waals surface area contributed by atoms with E-state index in [9.17, 15) is 10.2 Å². The Hall–Kier alpha value is -0.120. The fourth-order valence-electron chi connectivity index (χ4n) is 1.55. The summed E-state index contributed by atoms with van der Waals surface area (Å²) in [4.78, 5) is 0. The lowest BCUT2D eigenvalue weighted by Crippen LogP contribution is -2.28. The minimum absolute atomic E-state index is 0.0252. The summed E-state index contributed by atoms with van der Waals surface area (Å²) >= 11 is 0. The van der Waals surface area contributed by atoms with Crippen molar-refractivity contribution < 1.29 is 15.3 Å². The van der Waals surface area contributed by atoms with Crippen molar-refractivity contribution in [3.8, 4) is 0 Å². The van der Waals surface area contributed by atoms with Gasteiger partial charge in [-0.3, -0.25) is 0 Å². The highest BCUT2D eigenvalue weighted by Gasteiger charge is 2.38. The highest BCUT2D eigenvalue weighted by atomic mass is 16.3. The maximum Gasteiger partial charge on any atom is 0.0851 e. The molecule has 0 amide bonds. The fourth-order valence-corrected chi connectivity index (χ4v) is 1.55. The van der Waals surface area contributed by atoms with Crippen LogP contribution in [0.1, 0.15) is 13.3 Å². The minimum atomic E-state index is -0.722. The molecule has 1 saturated carbocycles. The second-order valence-electron chi connectivity index (χ2n) is 3.14. The van der Waals surface area contributed by atoms with Gasteiger partial charge in [0.25, 0.3) is 0 Å². The van der Waals surface area contributed by atoms with Crippen LogP contribution in [0.2, 0.25) is 0 Å². The first-order valence-corrected chi connectivity index (χ1v) is 3.63. The second-order valence-corrected chi connectivity index (χ2v) is 3.14. The number of hydrogen-bond donors (Lipinski definition) is 3. The largest absolute Gasteiger partial charge is 0.396 e. The molecule has 60 valence electrons. The molecule has 10 heavy (non-hydrogen) atoms. The first kappa shape index (κ1) is 7.98. The molecule has 4 atom stereocenters. The monoisotopic (exact) mass is 146 g/mol. The molecule has 0 unspecified atom stereocenters. The van der Waals surface area contributed by atoms with E-state index < -0.39 is 12.2 Å². The van der Waals surface area contributed by atoms with E-state index in [0.717, 1.165) is 6.42 Å². The third kappa shape index (κ3) is 1.17. The van der Waals surface area contributed by atoms with Crippen molar-refractivity contribution in [1.29, 1.82) is 0 Å². The molecule has 3 N–H and O–H groups in total. The van der Waals surface area contributed by atoms with Crippen molar-refractivity contribution in [2.45, 2.75) is 25.6 Å². The van der Waals surface area contributed by atoms with Gasteiger partial charge in [0.05, 0.1) is 12.2 Å². The van der Waals surface area contributed by atoms with Crippen molar-refractivity contribution >= 4 is 0 Å². The molecule has 1 rings (SSSR count). The molecule has 3 heteroatoms. The molecule has 0 spiro atoms. The lowest BCUT2D eigenvalue weighted by atomic mass is 10.1. The van der Waals surface area contributed by atoms with Gasteiger partial charge in [-0.05, 0) is 12.3 Å². The van der Waals surface area contributed by atoms with E-state index in [1.54, 1.807) is 0 Å². The Balaban J connectivity index is 2.53. The lowest BCUT2D eigenvalue weighted by molar-refractivity contribution is -0.00366. The Bertz CT molecular complexity index is 115. The predicted octanol–water partition coefficient (Wildman–Crippen LogP) is -0.643. The SMILES string of the molecule is C[C@H]1C[C@@H](CO)[C@H](O)[C@@H]1O. The van der Waals surface area contributed by atoms with Gasteiger partial charge >= 0.3 is 0 Å². The molecule has 0 aliphatic heterocycles. The Morgan fingerprint density at radius 2 is 1.90 bits per heavy atom. The van der Waals surface area contributed by atoms with Crippen molar-refractivity contribution in [1.82, 2.24) is 0 Å². The number of aliphatic hydroxyl groups excluding tert-OH is 3. The van der Waals surface area contributed by atoms with E-state index in [1.165, 1.54) is 0 Å². The van der Waals surface area contributed by atoms with Crippen molar-refractivity contribution in [2.24, 2.45) is 11.8 Å². The average molecular weight is 146 g/mol. The first-order valence-electron chi connectivity index (χ1n) is 3.63.